The number of carbonyl (C=O) groups excluding carboxylic acids is 1. The lowest BCUT2D eigenvalue weighted by molar-refractivity contribution is -0.134. The first-order valence-electron chi connectivity index (χ1n) is 11.8. The molecule has 3 heterocycles. The van der Waals surface area contributed by atoms with E-state index in [-0.39, 0.29) is 18.6 Å². The Morgan fingerprint density at radius 3 is 2.63 bits per heavy atom. The van der Waals surface area contributed by atoms with Crippen molar-refractivity contribution in [3.05, 3.63) is 66.9 Å². The Morgan fingerprint density at radius 1 is 1.09 bits per heavy atom. The average molecular weight is 481 g/mol. The lowest BCUT2D eigenvalue weighted by atomic mass is 10.1. The Bertz CT molecular complexity index is 1570. The predicted octanol–water partition coefficient (Wildman–Crippen LogP) is 3.05. The second-order valence-corrected chi connectivity index (χ2v) is 8.50. The zero-order valence-corrected chi connectivity index (χ0v) is 20.1. The Kier molecular flexibility index (Phi) is 6.99. The molecule has 0 saturated carbocycles. The van der Waals surface area contributed by atoms with Gasteiger partial charge in [-0.25, -0.2) is 14.6 Å². The van der Waals surface area contributed by atoms with Crippen LogP contribution in [0.5, 0.6) is 5.75 Å². The van der Waals surface area contributed by atoms with Crippen LogP contribution in [0.1, 0.15) is 50.9 Å². The van der Waals surface area contributed by atoms with Gasteiger partial charge in [-0.1, -0.05) is 20.3 Å². The number of nitrogens with one attached hydrogen (secondary N) is 1. The molecule has 35 heavy (non-hydrogen) atoms. The summed E-state index contributed by atoms with van der Waals surface area (Å²) in [6, 6.07) is 6.30. The summed E-state index contributed by atoms with van der Waals surface area (Å²) in [5, 5.41) is 0.761. The summed E-state index contributed by atoms with van der Waals surface area (Å²) in [7, 11) is 0. The molecule has 0 fully saturated rings. The number of hydrogen-bond donors (Lipinski definition) is 1. The topological polar surface area (TPSA) is 129 Å². The van der Waals surface area contributed by atoms with E-state index in [4.69, 9.17) is 9.15 Å². The molecule has 10 nitrogen and oxygen atoms in total. The van der Waals surface area contributed by atoms with Gasteiger partial charge < -0.3 is 13.7 Å². The fourth-order valence-electron chi connectivity index (χ4n) is 4.16. The number of benzene rings is 1. The molecule has 0 spiro atoms. The van der Waals surface area contributed by atoms with Gasteiger partial charge in [0.25, 0.3) is 5.56 Å². The number of carbonyl (C=O) groups is 1. The van der Waals surface area contributed by atoms with Crippen LogP contribution in [0.3, 0.4) is 0 Å². The zero-order valence-electron chi connectivity index (χ0n) is 20.1. The number of H-pyrrole nitrogens is 1. The maximum atomic E-state index is 12.6. The molecule has 0 atom stereocenters. The number of imidazole rings is 1. The van der Waals surface area contributed by atoms with Crippen molar-refractivity contribution < 1.29 is 13.9 Å². The van der Waals surface area contributed by atoms with Gasteiger partial charge in [0.15, 0.2) is 11.2 Å². The van der Waals surface area contributed by atoms with Crippen LogP contribution < -0.4 is 21.6 Å². The van der Waals surface area contributed by atoms with Crippen molar-refractivity contribution in [3.8, 4) is 5.75 Å². The molecular weight excluding hydrogens is 452 g/mol. The third kappa shape index (κ3) is 4.96. The zero-order chi connectivity index (χ0) is 25.1. The Hall–Kier alpha value is -3.95. The molecule has 0 aliphatic carbocycles. The minimum absolute atomic E-state index is 0.0150. The monoisotopic (exact) mass is 480 g/mol. The number of esters is 1. The number of aromatic nitrogens is 4. The number of nitrogens with zero attached hydrogens (tertiary/aromatic N) is 3. The summed E-state index contributed by atoms with van der Waals surface area (Å²) >= 11 is 0. The molecule has 0 unspecified atom stereocenters. The largest absolute Gasteiger partial charge is 0.426 e. The van der Waals surface area contributed by atoms with Crippen molar-refractivity contribution in [2.45, 2.75) is 66.0 Å². The fraction of sp³-hybridized carbons (Fsp3) is 0.400. The quantitative estimate of drug-likeness (QED) is 0.221. The van der Waals surface area contributed by atoms with Crippen molar-refractivity contribution in [2.24, 2.45) is 0 Å². The third-order valence-electron chi connectivity index (χ3n) is 5.85. The Balaban J connectivity index is 1.60. The molecule has 0 bridgehead atoms. The van der Waals surface area contributed by atoms with E-state index < -0.39 is 22.8 Å². The van der Waals surface area contributed by atoms with E-state index in [1.54, 1.807) is 23.6 Å². The SMILES string of the molecule is CCCCn1c(CCC(=O)Oc2ccc3c(C)cc(=O)oc3c2)nc2c1c(=O)[nH]c(=O)n2CCC. The summed E-state index contributed by atoms with van der Waals surface area (Å²) in [6.07, 6.45) is 2.68. The van der Waals surface area contributed by atoms with E-state index in [2.05, 4.69) is 9.97 Å². The van der Waals surface area contributed by atoms with E-state index in [0.717, 1.165) is 23.8 Å². The van der Waals surface area contributed by atoms with Crippen LogP contribution in [0.25, 0.3) is 22.1 Å². The van der Waals surface area contributed by atoms with Gasteiger partial charge in [0.1, 0.15) is 17.2 Å². The molecule has 1 N–H and O–H groups in total. The highest BCUT2D eigenvalue weighted by Crippen LogP contribution is 2.23. The van der Waals surface area contributed by atoms with Crippen molar-refractivity contribution in [1.82, 2.24) is 19.1 Å². The van der Waals surface area contributed by atoms with Crippen LogP contribution in [-0.2, 0) is 24.3 Å². The summed E-state index contributed by atoms with van der Waals surface area (Å²) in [4.78, 5) is 56.2. The van der Waals surface area contributed by atoms with E-state index in [9.17, 15) is 19.2 Å². The van der Waals surface area contributed by atoms with Crippen LogP contribution in [0.4, 0.5) is 0 Å². The van der Waals surface area contributed by atoms with Gasteiger partial charge >= 0.3 is 17.3 Å². The third-order valence-corrected chi connectivity index (χ3v) is 5.85. The van der Waals surface area contributed by atoms with Gasteiger partial charge in [-0.05, 0) is 37.5 Å². The number of ether oxygens (including phenoxy) is 1. The smallest absolute Gasteiger partial charge is 0.336 e. The molecule has 10 heteroatoms. The van der Waals surface area contributed by atoms with Gasteiger partial charge in [0.2, 0.25) is 0 Å². The molecule has 0 aliphatic heterocycles. The fourth-order valence-corrected chi connectivity index (χ4v) is 4.16. The molecule has 184 valence electrons. The van der Waals surface area contributed by atoms with Gasteiger partial charge in [0, 0.05) is 37.0 Å². The first-order chi connectivity index (χ1) is 16.8. The minimum Gasteiger partial charge on any atom is -0.426 e. The molecule has 3 aromatic heterocycles. The maximum absolute atomic E-state index is 12.6. The van der Waals surface area contributed by atoms with Crippen molar-refractivity contribution in [1.29, 1.82) is 0 Å². The number of aryl methyl sites for hydroxylation is 4. The molecule has 0 radical (unpaired) electrons. The average Bonchev–Trinajstić information content (AvgIpc) is 3.17. The molecule has 0 saturated heterocycles. The van der Waals surface area contributed by atoms with Crippen LogP contribution >= 0.6 is 0 Å². The normalized spacial score (nSPS) is 11.4. The van der Waals surface area contributed by atoms with E-state index >= 15 is 0 Å². The summed E-state index contributed by atoms with van der Waals surface area (Å²) in [5.74, 6) is 0.323. The Labute approximate surface area is 200 Å². The number of hydrogen-bond acceptors (Lipinski definition) is 7. The highest BCUT2D eigenvalue weighted by molar-refractivity contribution is 5.82. The van der Waals surface area contributed by atoms with Crippen LogP contribution in [-0.4, -0.2) is 25.1 Å². The van der Waals surface area contributed by atoms with Gasteiger partial charge in [0.05, 0.1) is 6.42 Å². The van der Waals surface area contributed by atoms with Crippen molar-refractivity contribution in [2.75, 3.05) is 0 Å². The molecule has 0 amide bonds. The maximum Gasteiger partial charge on any atom is 0.336 e. The summed E-state index contributed by atoms with van der Waals surface area (Å²) in [6.45, 7) is 6.76. The van der Waals surface area contributed by atoms with Crippen LogP contribution in [0.2, 0.25) is 0 Å². The second-order valence-electron chi connectivity index (χ2n) is 8.50. The molecule has 0 aliphatic rings. The van der Waals surface area contributed by atoms with Gasteiger partial charge in [-0.2, -0.15) is 0 Å². The highest BCUT2D eigenvalue weighted by atomic mass is 16.5. The van der Waals surface area contributed by atoms with Gasteiger partial charge in [-0.3, -0.25) is 19.1 Å². The van der Waals surface area contributed by atoms with Crippen molar-refractivity contribution in [3.63, 3.8) is 0 Å². The molecule has 4 aromatic rings. The predicted molar refractivity (Wildman–Crippen MR) is 131 cm³/mol. The van der Waals surface area contributed by atoms with E-state index in [1.807, 2.05) is 13.8 Å². The minimum atomic E-state index is -0.492. The summed E-state index contributed by atoms with van der Waals surface area (Å²) < 4.78 is 13.9. The first kappa shape index (κ1) is 24.2. The van der Waals surface area contributed by atoms with Crippen LogP contribution in [0.15, 0.2) is 43.1 Å². The molecule has 1 aromatic carbocycles. The molecular formula is C25H28N4O6. The first-order valence-corrected chi connectivity index (χ1v) is 11.8. The van der Waals surface area contributed by atoms with Crippen LogP contribution in [0, 0.1) is 6.92 Å². The number of fused-ring (bicyclic) bond motifs is 2. The van der Waals surface area contributed by atoms with E-state index in [1.165, 1.54) is 16.7 Å². The number of unbranched alkanes of at least 4 members (excludes halogenated alkanes) is 1. The number of rotatable bonds is 9. The summed E-state index contributed by atoms with van der Waals surface area (Å²) in [5.41, 5.74) is 0.346. The van der Waals surface area contributed by atoms with Crippen molar-refractivity contribution >= 4 is 28.1 Å². The second kappa shape index (κ2) is 10.1. The molecule has 4 rings (SSSR count). The lowest BCUT2D eigenvalue weighted by Crippen LogP contribution is -2.31. The van der Waals surface area contributed by atoms with Gasteiger partial charge in [-0.15, -0.1) is 0 Å². The number of aromatic amines is 1. The highest BCUT2D eigenvalue weighted by Gasteiger charge is 2.19. The standard InChI is InChI=1S/C25H28N4O6/c1-4-6-12-28-19(26-23-22(28)24(32)27-25(33)29(23)11-5-2)9-10-20(30)34-16-7-8-17-15(3)13-21(31)35-18(17)14-16/h7-8,13-14H,4-6,9-12H2,1-3H3,(H,27,32,33). The Morgan fingerprint density at radius 2 is 1.89 bits per heavy atom. The van der Waals surface area contributed by atoms with E-state index in [0.29, 0.717) is 42.1 Å². The lowest BCUT2D eigenvalue weighted by Gasteiger charge is -2.09.